The molecule has 0 saturated heterocycles. The first-order valence-electron chi connectivity index (χ1n) is 5.94. The SMILES string of the molecule is Cc1nccc(C(O)C2=CCCCCC2)n1. The zero-order valence-electron chi connectivity index (χ0n) is 9.69. The minimum atomic E-state index is -0.542. The summed E-state index contributed by atoms with van der Waals surface area (Å²) in [5, 5.41) is 10.2. The summed E-state index contributed by atoms with van der Waals surface area (Å²) in [6.07, 6.45) is 9.08. The van der Waals surface area contributed by atoms with Crippen molar-refractivity contribution in [2.75, 3.05) is 0 Å². The van der Waals surface area contributed by atoms with Gasteiger partial charge in [-0.1, -0.05) is 12.5 Å². The molecule has 1 unspecified atom stereocenters. The largest absolute Gasteiger partial charge is 0.382 e. The molecule has 0 aromatic carbocycles. The summed E-state index contributed by atoms with van der Waals surface area (Å²) in [4.78, 5) is 8.32. The van der Waals surface area contributed by atoms with Gasteiger partial charge in [-0.15, -0.1) is 0 Å². The summed E-state index contributed by atoms with van der Waals surface area (Å²) in [7, 11) is 0. The molecule has 1 aromatic rings. The van der Waals surface area contributed by atoms with E-state index >= 15 is 0 Å². The minimum Gasteiger partial charge on any atom is -0.382 e. The quantitative estimate of drug-likeness (QED) is 0.776. The molecule has 0 amide bonds. The van der Waals surface area contributed by atoms with Crippen LogP contribution < -0.4 is 0 Å². The summed E-state index contributed by atoms with van der Waals surface area (Å²) in [6.45, 7) is 1.84. The summed E-state index contributed by atoms with van der Waals surface area (Å²) in [6, 6.07) is 1.80. The van der Waals surface area contributed by atoms with Crippen molar-refractivity contribution in [3.63, 3.8) is 0 Å². The number of aromatic nitrogens is 2. The van der Waals surface area contributed by atoms with Gasteiger partial charge in [0.25, 0.3) is 0 Å². The maximum Gasteiger partial charge on any atom is 0.125 e. The molecule has 2 rings (SSSR count). The molecule has 0 aliphatic heterocycles. The van der Waals surface area contributed by atoms with E-state index < -0.39 is 6.10 Å². The van der Waals surface area contributed by atoms with Crippen molar-refractivity contribution in [1.82, 2.24) is 9.97 Å². The van der Waals surface area contributed by atoms with Crippen molar-refractivity contribution >= 4 is 0 Å². The van der Waals surface area contributed by atoms with Crippen molar-refractivity contribution in [1.29, 1.82) is 0 Å². The van der Waals surface area contributed by atoms with Crippen molar-refractivity contribution in [2.24, 2.45) is 0 Å². The lowest BCUT2D eigenvalue weighted by atomic mass is 10.0. The molecule has 0 spiro atoms. The predicted molar refractivity (Wildman–Crippen MR) is 62.9 cm³/mol. The van der Waals surface area contributed by atoms with E-state index in [-0.39, 0.29) is 0 Å². The third-order valence-corrected chi connectivity index (χ3v) is 3.01. The Morgan fingerprint density at radius 2 is 2.19 bits per heavy atom. The number of allylic oxidation sites excluding steroid dienone is 1. The highest BCUT2D eigenvalue weighted by atomic mass is 16.3. The van der Waals surface area contributed by atoms with E-state index in [1.54, 1.807) is 12.3 Å². The van der Waals surface area contributed by atoms with Crippen LogP contribution in [0, 0.1) is 6.92 Å². The molecule has 1 N–H and O–H groups in total. The summed E-state index contributed by atoms with van der Waals surface area (Å²) < 4.78 is 0. The van der Waals surface area contributed by atoms with Crippen LogP contribution in [0.2, 0.25) is 0 Å². The van der Waals surface area contributed by atoms with Crippen LogP contribution in [-0.2, 0) is 0 Å². The number of aryl methyl sites for hydroxylation is 1. The standard InChI is InChI=1S/C13H18N2O/c1-10-14-9-8-12(15-10)13(16)11-6-4-2-3-5-7-11/h6,8-9,13,16H,2-5,7H2,1H3. The number of rotatable bonds is 2. The topological polar surface area (TPSA) is 46.0 Å². The first kappa shape index (κ1) is 11.3. The molecule has 1 atom stereocenters. The van der Waals surface area contributed by atoms with E-state index in [0.29, 0.717) is 5.82 Å². The van der Waals surface area contributed by atoms with Crippen LogP contribution in [0.4, 0.5) is 0 Å². The molecule has 1 aliphatic carbocycles. The van der Waals surface area contributed by atoms with E-state index in [1.807, 2.05) is 6.92 Å². The van der Waals surface area contributed by atoms with Crippen LogP contribution in [-0.4, -0.2) is 15.1 Å². The number of hydrogen-bond donors (Lipinski definition) is 1. The van der Waals surface area contributed by atoms with Crippen LogP contribution in [0.3, 0.4) is 0 Å². The second kappa shape index (κ2) is 5.21. The van der Waals surface area contributed by atoms with Gasteiger partial charge in [0.15, 0.2) is 0 Å². The molecule has 1 aromatic heterocycles. The Morgan fingerprint density at radius 3 is 3.00 bits per heavy atom. The Labute approximate surface area is 96.3 Å². The Bertz CT molecular complexity index is 387. The Morgan fingerprint density at radius 1 is 1.31 bits per heavy atom. The second-order valence-electron chi connectivity index (χ2n) is 4.31. The van der Waals surface area contributed by atoms with Crippen LogP contribution >= 0.6 is 0 Å². The van der Waals surface area contributed by atoms with E-state index in [2.05, 4.69) is 16.0 Å². The molecule has 0 saturated carbocycles. The van der Waals surface area contributed by atoms with Gasteiger partial charge in [-0.3, -0.25) is 0 Å². The molecular weight excluding hydrogens is 200 g/mol. The van der Waals surface area contributed by atoms with Crippen LogP contribution in [0.15, 0.2) is 23.9 Å². The van der Waals surface area contributed by atoms with Gasteiger partial charge in [-0.2, -0.15) is 0 Å². The highest BCUT2D eigenvalue weighted by Crippen LogP contribution is 2.27. The zero-order chi connectivity index (χ0) is 11.4. The zero-order valence-corrected chi connectivity index (χ0v) is 9.69. The maximum absolute atomic E-state index is 10.2. The first-order chi connectivity index (χ1) is 7.77. The number of aliphatic hydroxyl groups excluding tert-OH is 1. The molecule has 1 aliphatic rings. The van der Waals surface area contributed by atoms with Crippen molar-refractivity contribution in [3.05, 3.63) is 35.4 Å². The summed E-state index contributed by atoms with van der Waals surface area (Å²) in [5.41, 5.74) is 1.84. The third kappa shape index (κ3) is 2.67. The predicted octanol–water partition coefficient (Wildman–Crippen LogP) is 2.71. The van der Waals surface area contributed by atoms with Crippen LogP contribution in [0.5, 0.6) is 0 Å². The summed E-state index contributed by atoms with van der Waals surface area (Å²) >= 11 is 0. The first-order valence-corrected chi connectivity index (χ1v) is 5.94. The van der Waals surface area contributed by atoms with Crippen LogP contribution in [0.1, 0.15) is 49.7 Å². The lowest BCUT2D eigenvalue weighted by Gasteiger charge is -2.13. The van der Waals surface area contributed by atoms with Gasteiger partial charge < -0.3 is 5.11 Å². The fourth-order valence-electron chi connectivity index (χ4n) is 2.10. The minimum absolute atomic E-state index is 0.542. The number of hydrogen-bond acceptors (Lipinski definition) is 3. The molecule has 3 nitrogen and oxygen atoms in total. The molecule has 16 heavy (non-hydrogen) atoms. The Balaban J connectivity index is 2.17. The van der Waals surface area contributed by atoms with Gasteiger partial charge in [0.05, 0.1) is 5.69 Å². The fraction of sp³-hybridized carbons (Fsp3) is 0.538. The average Bonchev–Trinajstić information content (AvgIpc) is 2.56. The Kier molecular flexibility index (Phi) is 3.67. The van der Waals surface area contributed by atoms with Gasteiger partial charge in [0.1, 0.15) is 11.9 Å². The number of nitrogens with zero attached hydrogens (tertiary/aromatic N) is 2. The molecule has 0 bridgehead atoms. The number of aliphatic hydroxyl groups is 1. The lowest BCUT2D eigenvalue weighted by Crippen LogP contribution is -2.05. The van der Waals surface area contributed by atoms with E-state index in [1.165, 1.54) is 19.3 Å². The monoisotopic (exact) mass is 218 g/mol. The van der Waals surface area contributed by atoms with Crippen molar-refractivity contribution < 1.29 is 5.11 Å². The van der Waals surface area contributed by atoms with Crippen molar-refractivity contribution in [3.8, 4) is 0 Å². The Hall–Kier alpha value is -1.22. The van der Waals surface area contributed by atoms with Gasteiger partial charge in [0.2, 0.25) is 0 Å². The molecule has 86 valence electrons. The third-order valence-electron chi connectivity index (χ3n) is 3.01. The molecule has 3 heteroatoms. The van der Waals surface area contributed by atoms with Crippen molar-refractivity contribution in [2.45, 2.75) is 45.1 Å². The van der Waals surface area contributed by atoms with Crippen LogP contribution in [0.25, 0.3) is 0 Å². The van der Waals surface area contributed by atoms with Gasteiger partial charge in [-0.05, 0) is 44.2 Å². The van der Waals surface area contributed by atoms with Gasteiger partial charge >= 0.3 is 0 Å². The molecule has 0 fully saturated rings. The maximum atomic E-state index is 10.2. The molecule has 0 radical (unpaired) electrons. The molecular formula is C13H18N2O. The average molecular weight is 218 g/mol. The van der Waals surface area contributed by atoms with Gasteiger partial charge in [0, 0.05) is 6.20 Å². The smallest absolute Gasteiger partial charge is 0.125 e. The van der Waals surface area contributed by atoms with E-state index in [0.717, 1.165) is 24.1 Å². The lowest BCUT2D eigenvalue weighted by molar-refractivity contribution is 0.205. The fourth-order valence-corrected chi connectivity index (χ4v) is 2.10. The van der Waals surface area contributed by atoms with E-state index in [4.69, 9.17) is 0 Å². The second-order valence-corrected chi connectivity index (χ2v) is 4.31. The summed E-state index contributed by atoms with van der Waals surface area (Å²) in [5.74, 6) is 0.714. The highest BCUT2D eigenvalue weighted by Gasteiger charge is 2.15. The van der Waals surface area contributed by atoms with Gasteiger partial charge in [-0.25, -0.2) is 9.97 Å². The van der Waals surface area contributed by atoms with E-state index in [9.17, 15) is 5.11 Å². The normalized spacial score (nSPS) is 18.8. The molecule has 1 heterocycles. The highest BCUT2D eigenvalue weighted by molar-refractivity contribution is 5.19.